The number of hydrogen-bond acceptors (Lipinski definition) is 3. The van der Waals surface area contributed by atoms with Crippen LogP contribution in [0, 0.1) is 35.3 Å². The molecule has 1 aromatic carbocycles. The molecule has 0 aliphatic heterocycles. The van der Waals surface area contributed by atoms with Gasteiger partial charge in [-0.2, -0.15) is 5.26 Å². The molecule has 0 saturated carbocycles. The fourth-order valence-electron chi connectivity index (χ4n) is 1.36. The van der Waals surface area contributed by atoms with Crippen molar-refractivity contribution in [3.8, 4) is 6.07 Å². The van der Waals surface area contributed by atoms with Gasteiger partial charge in [0.05, 0.1) is 11.0 Å². The number of allylic oxidation sites excluding steroid dienone is 1. The van der Waals surface area contributed by atoms with E-state index < -0.39 is 4.92 Å². The molecule has 1 aromatic rings. The van der Waals surface area contributed by atoms with Crippen LogP contribution in [0.3, 0.4) is 0 Å². The van der Waals surface area contributed by atoms with E-state index in [-0.39, 0.29) is 5.69 Å². The second-order valence-electron chi connectivity index (χ2n) is 3.21. The number of hydrogen-bond donors (Lipinski definition) is 0. The molecule has 0 spiro atoms. The third-order valence-corrected chi connectivity index (χ3v) is 2.12. The second kappa shape index (κ2) is 4.38. The number of nitro groups is 1. The standard InChI is InChI=1S/C11H10N2O2/c1-8-6-9(2)11(13(14)15)7-10(8)4-3-5-12/h3-4,6-7H,1-2H3. The molecule has 0 radical (unpaired) electrons. The predicted octanol–water partition coefficient (Wildman–Crippen LogP) is 2.75. The first-order valence-corrected chi connectivity index (χ1v) is 4.38. The molecule has 0 aromatic heterocycles. The monoisotopic (exact) mass is 202 g/mol. The fourth-order valence-corrected chi connectivity index (χ4v) is 1.36. The van der Waals surface area contributed by atoms with Gasteiger partial charge in [-0.3, -0.25) is 10.1 Å². The molecule has 1 rings (SSSR count). The van der Waals surface area contributed by atoms with E-state index in [0.717, 1.165) is 5.56 Å². The van der Waals surface area contributed by atoms with Gasteiger partial charge in [0.2, 0.25) is 0 Å². The Balaban J connectivity index is 3.31. The van der Waals surface area contributed by atoms with Crippen molar-refractivity contribution in [2.45, 2.75) is 13.8 Å². The number of nitro benzene ring substituents is 1. The number of rotatable bonds is 2. The Morgan fingerprint density at radius 2 is 2.07 bits per heavy atom. The normalized spacial score (nSPS) is 10.2. The maximum atomic E-state index is 10.7. The molecule has 0 amide bonds. The van der Waals surface area contributed by atoms with Crippen molar-refractivity contribution in [1.29, 1.82) is 5.26 Å². The van der Waals surface area contributed by atoms with Gasteiger partial charge in [-0.15, -0.1) is 0 Å². The van der Waals surface area contributed by atoms with Gasteiger partial charge < -0.3 is 0 Å². The smallest absolute Gasteiger partial charge is 0.258 e. The van der Waals surface area contributed by atoms with Crippen molar-refractivity contribution >= 4 is 11.8 Å². The Labute approximate surface area is 87.6 Å². The number of benzene rings is 1. The average molecular weight is 202 g/mol. The van der Waals surface area contributed by atoms with Crippen LogP contribution < -0.4 is 0 Å². The van der Waals surface area contributed by atoms with E-state index in [9.17, 15) is 10.1 Å². The molecule has 0 bridgehead atoms. The lowest BCUT2D eigenvalue weighted by atomic mass is 10.0. The first-order chi connectivity index (χ1) is 7.06. The van der Waals surface area contributed by atoms with Gasteiger partial charge in [0.15, 0.2) is 0 Å². The van der Waals surface area contributed by atoms with Gasteiger partial charge >= 0.3 is 0 Å². The Morgan fingerprint density at radius 1 is 1.40 bits per heavy atom. The van der Waals surface area contributed by atoms with Gasteiger partial charge in [0.25, 0.3) is 5.69 Å². The first-order valence-electron chi connectivity index (χ1n) is 4.38. The van der Waals surface area contributed by atoms with Crippen molar-refractivity contribution in [3.05, 3.63) is 45.0 Å². The van der Waals surface area contributed by atoms with E-state index in [0.29, 0.717) is 11.1 Å². The molecule has 0 fully saturated rings. The summed E-state index contributed by atoms with van der Waals surface area (Å²) in [4.78, 5) is 10.3. The molecule has 4 heteroatoms. The molecular weight excluding hydrogens is 192 g/mol. The van der Waals surface area contributed by atoms with Gasteiger partial charge in [-0.25, -0.2) is 0 Å². The van der Waals surface area contributed by atoms with Crippen molar-refractivity contribution in [3.63, 3.8) is 0 Å². The van der Waals surface area contributed by atoms with E-state index in [2.05, 4.69) is 0 Å². The van der Waals surface area contributed by atoms with E-state index in [1.165, 1.54) is 12.1 Å². The molecule has 0 saturated heterocycles. The Kier molecular flexibility index (Phi) is 3.19. The molecule has 0 unspecified atom stereocenters. The summed E-state index contributed by atoms with van der Waals surface area (Å²) in [6.45, 7) is 3.55. The lowest BCUT2D eigenvalue weighted by molar-refractivity contribution is -0.385. The molecule has 4 nitrogen and oxygen atoms in total. The molecule has 0 aliphatic rings. The first kappa shape index (κ1) is 10.9. The van der Waals surface area contributed by atoms with Crippen LogP contribution in [-0.4, -0.2) is 4.92 Å². The zero-order valence-corrected chi connectivity index (χ0v) is 8.52. The van der Waals surface area contributed by atoms with Crippen molar-refractivity contribution in [2.75, 3.05) is 0 Å². The molecule has 76 valence electrons. The maximum Gasteiger partial charge on any atom is 0.272 e. The lowest BCUT2D eigenvalue weighted by Crippen LogP contribution is -1.94. The summed E-state index contributed by atoms with van der Waals surface area (Å²) in [6, 6.07) is 5.09. The summed E-state index contributed by atoms with van der Waals surface area (Å²) >= 11 is 0. The van der Waals surface area contributed by atoms with Crippen LogP contribution in [0.15, 0.2) is 18.2 Å². The van der Waals surface area contributed by atoms with Crippen LogP contribution in [-0.2, 0) is 0 Å². The topological polar surface area (TPSA) is 66.9 Å². The van der Waals surface area contributed by atoms with Gasteiger partial charge in [-0.05, 0) is 37.1 Å². The highest BCUT2D eigenvalue weighted by molar-refractivity contribution is 5.61. The Morgan fingerprint density at radius 3 is 2.60 bits per heavy atom. The van der Waals surface area contributed by atoms with Crippen LogP contribution in [0.1, 0.15) is 16.7 Å². The SMILES string of the molecule is Cc1cc(C)c([N+](=O)[O-])cc1C=CC#N. The average Bonchev–Trinajstić information content (AvgIpc) is 2.16. The van der Waals surface area contributed by atoms with Crippen molar-refractivity contribution in [1.82, 2.24) is 0 Å². The molecule has 15 heavy (non-hydrogen) atoms. The van der Waals surface area contributed by atoms with Gasteiger partial charge in [0, 0.05) is 17.7 Å². The third-order valence-electron chi connectivity index (χ3n) is 2.12. The molecular formula is C11H10N2O2. The molecule has 0 aliphatic carbocycles. The van der Waals surface area contributed by atoms with Crippen LogP contribution >= 0.6 is 0 Å². The largest absolute Gasteiger partial charge is 0.272 e. The zero-order chi connectivity index (χ0) is 11.4. The lowest BCUT2D eigenvalue weighted by Gasteiger charge is -2.02. The summed E-state index contributed by atoms with van der Waals surface area (Å²) in [5.41, 5.74) is 2.34. The summed E-state index contributed by atoms with van der Waals surface area (Å²) < 4.78 is 0. The van der Waals surface area contributed by atoms with E-state index >= 15 is 0 Å². The number of aryl methyl sites for hydroxylation is 2. The summed E-state index contributed by atoms with van der Waals surface area (Å²) in [7, 11) is 0. The quantitative estimate of drug-likeness (QED) is 0.420. The highest BCUT2D eigenvalue weighted by Gasteiger charge is 2.11. The summed E-state index contributed by atoms with van der Waals surface area (Å²) in [5.74, 6) is 0. The minimum absolute atomic E-state index is 0.0817. The summed E-state index contributed by atoms with van der Waals surface area (Å²) in [6.07, 6.45) is 2.88. The minimum atomic E-state index is -0.418. The minimum Gasteiger partial charge on any atom is -0.258 e. The maximum absolute atomic E-state index is 10.7. The van der Waals surface area contributed by atoms with Crippen LogP contribution in [0.2, 0.25) is 0 Å². The number of nitriles is 1. The zero-order valence-electron chi connectivity index (χ0n) is 8.52. The van der Waals surface area contributed by atoms with Crippen LogP contribution in [0.5, 0.6) is 0 Å². The van der Waals surface area contributed by atoms with E-state index in [1.54, 1.807) is 19.1 Å². The van der Waals surface area contributed by atoms with E-state index in [1.807, 2.05) is 13.0 Å². The molecule has 0 heterocycles. The highest BCUT2D eigenvalue weighted by Crippen LogP contribution is 2.23. The van der Waals surface area contributed by atoms with Crippen LogP contribution in [0.4, 0.5) is 5.69 Å². The third kappa shape index (κ3) is 2.41. The van der Waals surface area contributed by atoms with E-state index in [4.69, 9.17) is 5.26 Å². The highest BCUT2D eigenvalue weighted by atomic mass is 16.6. The predicted molar refractivity (Wildman–Crippen MR) is 57.2 cm³/mol. The van der Waals surface area contributed by atoms with Crippen molar-refractivity contribution < 1.29 is 4.92 Å². The van der Waals surface area contributed by atoms with Crippen molar-refractivity contribution in [2.24, 2.45) is 0 Å². The Bertz CT molecular complexity index is 470. The van der Waals surface area contributed by atoms with Gasteiger partial charge in [-0.1, -0.05) is 0 Å². The van der Waals surface area contributed by atoms with Gasteiger partial charge in [0.1, 0.15) is 0 Å². The number of nitrogens with zero attached hydrogens (tertiary/aromatic N) is 2. The van der Waals surface area contributed by atoms with Crippen LogP contribution in [0.25, 0.3) is 6.08 Å². The summed E-state index contributed by atoms with van der Waals surface area (Å²) in [5, 5.41) is 19.1. The fraction of sp³-hybridized carbons (Fsp3) is 0.182. The Hall–Kier alpha value is -2.15. The molecule has 0 N–H and O–H groups in total. The second-order valence-corrected chi connectivity index (χ2v) is 3.21. The molecule has 0 atom stereocenters.